The van der Waals surface area contributed by atoms with Gasteiger partial charge in [-0.1, -0.05) is 90.2 Å². The second-order valence-electron chi connectivity index (χ2n) is 7.49. The summed E-state index contributed by atoms with van der Waals surface area (Å²) in [5.74, 6) is -0.620. The van der Waals surface area contributed by atoms with Gasteiger partial charge in [-0.05, 0) is 35.4 Å². The van der Waals surface area contributed by atoms with E-state index in [1.54, 1.807) is 60.7 Å². The number of nitrogens with zero attached hydrogens (tertiary/aromatic N) is 1. The highest BCUT2D eigenvalue weighted by atomic mass is 35.5. The molecule has 35 heavy (non-hydrogen) atoms. The molecule has 1 aliphatic heterocycles. The Hall–Kier alpha value is -3.33. The van der Waals surface area contributed by atoms with Crippen molar-refractivity contribution in [3.8, 4) is 11.5 Å². The van der Waals surface area contributed by atoms with Crippen molar-refractivity contribution in [1.29, 1.82) is 0 Å². The minimum Gasteiger partial charge on any atom is -0.493 e. The average Bonchev–Trinajstić information content (AvgIpc) is 3.12. The zero-order valence-corrected chi connectivity index (χ0v) is 20.9. The topological polar surface area (TPSA) is 76.1 Å². The van der Waals surface area contributed by atoms with Crippen molar-refractivity contribution < 1.29 is 24.2 Å². The van der Waals surface area contributed by atoms with Crippen molar-refractivity contribution in [2.45, 2.75) is 12.6 Å². The molecular formula is C26H20ClNO5S2. The summed E-state index contributed by atoms with van der Waals surface area (Å²) in [5, 5.41) is 10.4. The van der Waals surface area contributed by atoms with Crippen molar-refractivity contribution in [2.24, 2.45) is 0 Å². The van der Waals surface area contributed by atoms with E-state index < -0.39 is 17.9 Å². The van der Waals surface area contributed by atoms with Crippen molar-refractivity contribution >= 4 is 57.9 Å². The van der Waals surface area contributed by atoms with Crippen molar-refractivity contribution in [1.82, 2.24) is 4.90 Å². The molecular weight excluding hydrogens is 506 g/mol. The summed E-state index contributed by atoms with van der Waals surface area (Å²) in [6.07, 6.45) is 1.66. The fourth-order valence-electron chi connectivity index (χ4n) is 3.56. The van der Waals surface area contributed by atoms with Gasteiger partial charge in [0.15, 0.2) is 17.5 Å². The Kier molecular flexibility index (Phi) is 7.75. The number of thioether (sulfide) groups is 1. The van der Waals surface area contributed by atoms with Gasteiger partial charge < -0.3 is 14.6 Å². The maximum Gasteiger partial charge on any atom is 0.331 e. The van der Waals surface area contributed by atoms with E-state index >= 15 is 0 Å². The number of benzene rings is 3. The van der Waals surface area contributed by atoms with Crippen LogP contribution >= 0.6 is 35.6 Å². The molecule has 1 saturated heterocycles. The number of ether oxygens (including phenoxy) is 2. The SMILES string of the molecule is COc1cc(/C=C2\SC(=S)N(C(C(=O)O)c3ccccc3)C2=O)ccc1OCc1ccccc1Cl. The number of hydrogen-bond acceptors (Lipinski definition) is 6. The zero-order chi connectivity index (χ0) is 24.9. The maximum absolute atomic E-state index is 13.2. The molecule has 0 aromatic heterocycles. The van der Waals surface area contributed by atoms with Gasteiger partial charge in [-0.3, -0.25) is 9.69 Å². The standard InChI is InChI=1S/C26H20ClNO5S2/c1-32-21-13-16(11-12-20(21)33-15-18-9-5-6-10-19(18)27)14-22-24(29)28(26(34)35-22)23(25(30)31)17-7-3-2-4-8-17/h2-14,23H,15H2,1H3,(H,30,31)/b22-14-. The monoisotopic (exact) mass is 525 g/mol. The molecule has 1 unspecified atom stereocenters. The van der Waals surface area contributed by atoms with E-state index in [2.05, 4.69) is 0 Å². The lowest BCUT2D eigenvalue weighted by Gasteiger charge is -2.23. The first-order chi connectivity index (χ1) is 16.9. The Morgan fingerprint density at radius 2 is 1.83 bits per heavy atom. The molecule has 0 saturated carbocycles. The van der Waals surface area contributed by atoms with Gasteiger partial charge in [0.2, 0.25) is 0 Å². The van der Waals surface area contributed by atoms with Gasteiger partial charge in [0, 0.05) is 10.6 Å². The molecule has 1 heterocycles. The molecule has 0 radical (unpaired) electrons. The predicted molar refractivity (Wildman–Crippen MR) is 141 cm³/mol. The van der Waals surface area contributed by atoms with Crippen LogP contribution in [0.2, 0.25) is 5.02 Å². The second kappa shape index (κ2) is 10.9. The summed E-state index contributed by atoms with van der Waals surface area (Å²) in [6.45, 7) is 0.268. The second-order valence-corrected chi connectivity index (χ2v) is 9.58. The van der Waals surface area contributed by atoms with Gasteiger partial charge in [-0.25, -0.2) is 4.79 Å². The van der Waals surface area contributed by atoms with Crippen molar-refractivity contribution in [2.75, 3.05) is 7.11 Å². The number of thiocarbonyl (C=S) groups is 1. The zero-order valence-electron chi connectivity index (χ0n) is 18.5. The number of carboxylic acids is 1. The van der Waals surface area contributed by atoms with Gasteiger partial charge in [0.05, 0.1) is 12.0 Å². The lowest BCUT2D eigenvalue weighted by Crippen LogP contribution is -2.37. The largest absolute Gasteiger partial charge is 0.493 e. The molecule has 3 aromatic rings. The molecule has 1 fully saturated rings. The number of hydrogen-bond donors (Lipinski definition) is 1. The van der Waals surface area contributed by atoms with E-state index in [0.717, 1.165) is 22.2 Å². The van der Waals surface area contributed by atoms with E-state index in [0.29, 0.717) is 32.6 Å². The van der Waals surface area contributed by atoms with Gasteiger partial charge in [-0.2, -0.15) is 0 Å². The fourth-order valence-corrected chi connectivity index (χ4v) is 5.06. The molecule has 6 nitrogen and oxygen atoms in total. The number of carboxylic acid groups (broad SMARTS) is 1. The van der Waals surface area contributed by atoms with Crippen LogP contribution in [0.25, 0.3) is 6.08 Å². The molecule has 4 rings (SSSR count). The molecule has 1 aliphatic rings. The molecule has 1 atom stereocenters. The minimum atomic E-state index is -1.20. The first-order valence-electron chi connectivity index (χ1n) is 10.5. The van der Waals surface area contributed by atoms with Gasteiger partial charge in [-0.15, -0.1) is 0 Å². The van der Waals surface area contributed by atoms with Crippen LogP contribution in [0.15, 0.2) is 77.7 Å². The van der Waals surface area contributed by atoms with E-state index in [1.807, 2.05) is 18.2 Å². The summed E-state index contributed by atoms with van der Waals surface area (Å²) >= 11 is 12.6. The summed E-state index contributed by atoms with van der Waals surface area (Å²) in [6, 6.07) is 20.0. The van der Waals surface area contributed by atoms with Crippen molar-refractivity contribution in [3.63, 3.8) is 0 Å². The average molecular weight is 526 g/mol. The van der Waals surface area contributed by atoms with E-state index in [9.17, 15) is 14.7 Å². The predicted octanol–water partition coefficient (Wildman–Crippen LogP) is 5.95. The summed E-state index contributed by atoms with van der Waals surface area (Å²) in [4.78, 5) is 26.7. The minimum absolute atomic E-state index is 0.184. The van der Waals surface area contributed by atoms with Gasteiger partial charge in [0.1, 0.15) is 10.9 Å². The molecule has 9 heteroatoms. The number of halogens is 1. The van der Waals surface area contributed by atoms with Crippen LogP contribution < -0.4 is 9.47 Å². The van der Waals surface area contributed by atoms with Crippen LogP contribution in [0.5, 0.6) is 11.5 Å². The lowest BCUT2D eigenvalue weighted by molar-refractivity contribution is -0.145. The molecule has 0 bridgehead atoms. The van der Waals surface area contributed by atoms with Crippen LogP contribution in [0.3, 0.4) is 0 Å². The number of carbonyl (C=O) groups excluding carboxylic acids is 1. The fraction of sp³-hybridized carbons (Fsp3) is 0.115. The van der Waals surface area contributed by atoms with E-state index in [1.165, 1.54) is 7.11 Å². The third-order valence-corrected chi connectivity index (χ3v) is 6.96. The molecule has 1 N–H and O–H groups in total. The summed E-state index contributed by atoms with van der Waals surface area (Å²) < 4.78 is 11.5. The van der Waals surface area contributed by atoms with Crippen molar-refractivity contribution in [3.05, 3.63) is 99.4 Å². The number of carbonyl (C=O) groups is 2. The number of aliphatic carboxylic acids is 1. The van der Waals surface area contributed by atoms with Crippen LogP contribution in [0, 0.1) is 0 Å². The van der Waals surface area contributed by atoms with E-state index in [-0.39, 0.29) is 10.9 Å². The first-order valence-corrected chi connectivity index (χ1v) is 12.1. The Morgan fingerprint density at radius 1 is 1.11 bits per heavy atom. The number of rotatable bonds is 8. The Bertz CT molecular complexity index is 1310. The van der Waals surface area contributed by atoms with Gasteiger partial charge >= 0.3 is 5.97 Å². The maximum atomic E-state index is 13.2. The molecule has 0 aliphatic carbocycles. The van der Waals surface area contributed by atoms with Crippen LogP contribution in [0.1, 0.15) is 22.7 Å². The van der Waals surface area contributed by atoms with Gasteiger partial charge in [0.25, 0.3) is 5.91 Å². The summed E-state index contributed by atoms with van der Waals surface area (Å²) in [5.41, 5.74) is 1.99. The highest BCUT2D eigenvalue weighted by Gasteiger charge is 2.41. The number of amides is 1. The first kappa shape index (κ1) is 24.8. The lowest BCUT2D eigenvalue weighted by atomic mass is 10.1. The normalized spacial score (nSPS) is 15.4. The number of methoxy groups -OCH3 is 1. The smallest absolute Gasteiger partial charge is 0.331 e. The van der Waals surface area contributed by atoms with Crippen LogP contribution in [0.4, 0.5) is 0 Å². The Labute approximate surface area is 217 Å². The molecule has 1 amide bonds. The molecule has 3 aromatic carbocycles. The third kappa shape index (κ3) is 5.51. The Morgan fingerprint density at radius 3 is 2.51 bits per heavy atom. The Balaban J connectivity index is 1.56. The quantitative estimate of drug-likeness (QED) is 0.287. The third-order valence-electron chi connectivity index (χ3n) is 5.26. The molecule has 0 spiro atoms. The van der Waals surface area contributed by atoms with Crippen LogP contribution in [-0.4, -0.2) is 33.3 Å². The highest BCUT2D eigenvalue weighted by molar-refractivity contribution is 8.26. The highest BCUT2D eigenvalue weighted by Crippen LogP contribution is 2.39. The van der Waals surface area contributed by atoms with Crippen LogP contribution in [-0.2, 0) is 16.2 Å². The summed E-state index contributed by atoms with van der Waals surface area (Å²) in [7, 11) is 1.53. The molecule has 178 valence electrons. The van der Waals surface area contributed by atoms with E-state index in [4.69, 9.17) is 33.3 Å².